The van der Waals surface area contributed by atoms with Crippen LogP contribution in [0.15, 0.2) is 36.5 Å². The van der Waals surface area contributed by atoms with Gasteiger partial charge in [0.25, 0.3) is 0 Å². The lowest BCUT2D eigenvalue weighted by Crippen LogP contribution is -2.43. The summed E-state index contributed by atoms with van der Waals surface area (Å²) in [6.45, 7) is 2.80. The number of anilines is 2. The molecule has 25 heavy (non-hydrogen) atoms. The summed E-state index contributed by atoms with van der Waals surface area (Å²) in [5.41, 5.74) is 1.04. The van der Waals surface area contributed by atoms with Crippen LogP contribution in [0.4, 0.5) is 16.2 Å². The van der Waals surface area contributed by atoms with Gasteiger partial charge in [-0.2, -0.15) is 4.98 Å². The van der Waals surface area contributed by atoms with Crippen molar-refractivity contribution in [2.24, 2.45) is 0 Å². The Morgan fingerprint density at radius 1 is 1.16 bits per heavy atom. The Morgan fingerprint density at radius 3 is 2.60 bits per heavy atom. The highest BCUT2D eigenvalue weighted by atomic mass is 19.1. The molecule has 2 aromatic rings. The summed E-state index contributed by atoms with van der Waals surface area (Å²) in [5.74, 6) is 1.53. The average molecular weight is 343 g/mol. The quantitative estimate of drug-likeness (QED) is 0.834. The van der Waals surface area contributed by atoms with Crippen molar-refractivity contribution in [2.75, 3.05) is 44.0 Å². The van der Waals surface area contributed by atoms with Crippen LogP contribution in [0.3, 0.4) is 0 Å². The molecule has 1 saturated heterocycles. The van der Waals surface area contributed by atoms with E-state index in [2.05, 4.69) is 26.8 Å². The number of nitrogens with zero attached hydrogens (tertiary/aromatic N) is 5. The van der Waals surface area contributed by atoms with E-state index in [9.17, 15) is 4.39 Å². The third-order valence-electron chi connectivity index (χ3n) is 4.80. The Morgan fingerprint density at radius 2 is 1.92 bits per heavy atom. The molecule has 1 fully saturated rings. The molecule has 0 atom stereocenters. The van der Waals surface area contributed by atoms with E-state index in [1.807, 2.05) is 37.3 Å². The molecule has 0 spiro atoms. The second-order valence-electron chi connectivity index (χ2n) is 6.86. The maximum Gasteiger partial charge on any atom is 0.227 e. The summed E-state index contributed by atoms with van der Waals surface area (Å²) < 4.78 is 13.3. The predicted octanol–water partition coefficient (Wildman–Crippen LogP) is 2.78. The molecular weight excluding hydrogens is 317 g/mol. The van der Waals surface area contributed by atoms with E-state index >= 15 is 0 Å². The largest absolute Gasteiger partial charge is 0.363 e. The predicted molar refractivity (Wildman–Crippen MR) is 99.5 cm³/mol. The van der Waals surface area contributed by atoms with E-state index in [-0.39, 0.29) is 5.82 Å². The molecule has 1 aliphatic heterocycles. The van der Waals surface area contributed by atoms with Crippen LogP contribution in [0.2, 0.25) is 0 Å². The van der Waals surface area contributed by atoms with Crippen LogP contribution in [0.5, 0.6) is 0 Å². The summed E-state index contributed by atoms with van der Waals surface area (Å²) >= 11 is 0. The molecular formula is C19H26FN5. The molecule has 0 saturated carbocycles. The highest BCUT2D eigenvalue weighted by molar-refractivity contribution is 5.42. The number of benzene rings is 1. The number of piperidine rings is 1. The number of aromatic nitrogens is 2. The average Bonchev–Trinajstić information content (AvgIpc) is 2.62. The Kier molecular flexibility index (Phi) is 5.48. The minimum atomic E-state index is -0.162. The molecule has 134 valence electrons. The van der Waals surface area contributed by atoms with Crippen molar-refractivity contribution in [2.45, 2.75) is 25.4 Å². The molecule has 0 bridgehead atoms. The van der Waals surface area contributed by atoms with Gasteiger partial charge in [0, 0.05) is 53.0 Å². The molecule has 0 radical (unpaired) electrons. The lowest BCUT2D eigenvalue weighted by atomic mass is 10.0. The van der Waals surface area contributed by atoms with Crippen molar-refractivity contribution in [3.8, 4) is 0 Å². The first-order valence-electron chi connectivity index (χ1n) is 8.73. The fourth-order valence-corrected chi connectivity index (χ4v) is 3.28. The van der Waals surface area contributed by atoms with Crippen LogP contribution >= 0.6 is 0 Å². The third-order valence-corrected chi connectivity index (χ3v) is 4.80. The number of rotatable bonds is 5. The van der Waals surface area contributed by atoms with E-state index in [0.29, 0.717) is 6.04 Å². The third kappa shape index (κ3) is 4.45. The van der Waals surface area contributed by atoms with Crippen molar-refractivity contribution in [1.82, 2.24) is 14.9 Å². The van der Waals surface area contributed by atoms with Crippen molar-refractivity contribution >= 4 is 11.8 Å². The molecule has 3 rings (SSSR count). The minimum absolute atomic E-state index is 0.162. The summed E-state index contributed by atoms with van der Waals surface area (Å²) in [6, 6.07) is 9.23. The monoisotopic (exact) mass is 343 g/mol. The standard InChI is InChI=1S/C19H26FN5/c1-23(2)18-7-10-21-19(22-18)24(3)17-8-11-25(12-9-17)14-15-5-4-6-16(20)13-15/h4-7,10,13,17H,8-9,11-12,14H2,1-3H3. The second kappa shape index (κ2) is 7.78. The first-order chi connectivity index (χ1) is 12.0. The lowest BCUT2D eigenvalue weighted by molar-refractivity contribution is 0.202. The molecule has 6 heteroatoms. The van der Waals surface area contributed by atoms with Crippen LogP contribution in [0, 0.1) is 5.82 Å². The van der Waals surface area contributed by atoms with Crippen molar-refractivity contribution in [3.63, 3.8) is 0 Å². The van der Waals surface area contributed by atoms with Gasteiger partial charge >= 0.3 is 0 Å². The highest BCUT2D eigenvalue weighted by Gasteiger charge is 2.24. The van der Waals surface area contributed by atoms with Gasteiger partial charge in [-0.1, -0.05) is 12.1 Å². The van der Waals surface area contributed by atoms with E-state index in [4.69, 9.17) is 0 Å². The van der Waals surface area contributed by atoms with Crippen LogP contribution in [0.1, 0.15) is 18.4 Å². The Hall–Kier alpha value is -2.21. The van der Waals surface area contributed by atoms with Crippen molar-refractivity contribution in [3.05, 3.63) is 47.9 Å². The van der Waals surface area contributed by atoms with Crippen molar-refractivity contribution in [1.29, 1.82) is 0 Å². The number of hydrogen-bond donors (Lipinski definition) is 0. The Bertz CT molecular complexity index is 698. The summed E-state index contributed by atoms with van der Waals surface area (Å²) in [7, 11) is 6.04. The number of halogens is 1. The Balaban J connectivity index is 1.57. The fraction of sp³-hybridized carbons (Fsp3) is 0.474. The number of hydrogen-bond acceptors (Lipinski definition) is 5. The zero-order valence-corrected chi connectivity index (χ0v) is 15.2. The van der Waals surface area contributed by atoms with E-state index in [1.54, 1.807) is 12.1 Å². The van der Waals surface area contributed by atoms with E-state index < -0.39 is 0 Å². The SMILES string of the molecule is CN(C)c1ccnc(N(C)C2CCN(Cc3cccc(F)c3)CC2)n1. The topological polar surface area (TPSA) is 35.5 Å². The van der Waals surface area contributed by atoms with Crippen LogP contribution in [0.25, 0.3) is 0 Å². The molecule has 0 aliphatic carbocycles. The highest BCUT2D eigenvalue weighted by Crippen LogP contribution is 2.21. The fourth-order valence-electron chi connectivity index (χ4n) is 3.28. The van der Waals surface area contributed by atoms with Crippen LogP contribution in [-0.2, 0) is 6.54 Å². The summed E-state index contributed by atoms with van der Waals surface area (Å²) in [6.07, 6.45) is 3.93. The van der Waals surface area contributed by atoms with Crippen LogP contribution < -0.4 is 9.80 Å². The smallest absolute Gasteiger partial charge is 0.227 e. The first kappa shape index (κ1) is 17.6. The molecule has 1 aliphatic rings. The number of likely N-dealkylation sites (tertiary alicyclic amines) is 1. The summed E-state index contributed by atoms with van der Waals surface area (Å²) in [5, 5.41) is 0. The minimum Gasteiger partial charge on any atom is -0.363 e. The zero-order valence-electron chi connectivity index (χ0n) is 15.2. The summed E-state index contributed by atoms with van der Waals surface area (Å²) in [4.78, 5) is 15.6. The second-order valence-corrected chi connectivity index (χ2v) is 6.86. The van der Waals surface area contributed by atoms with Gasteiger partial charge in [-0.3, -0.25) is 4.90 Å². The van der Waals surface area contributed by atoms with E-state index in [0.717, 1.165) is 49.8 Å². The van der Waals surface area contributed by atoms with Crippen molar-refractivity contribution < 1.29 is 4.39 Å². The molecule has 2 heterocycles. The molecule has 1 aromatic carbocycles. The van der Waals surface area contributed by atoms with Gasteiger partial charge < -0.3 is 9.80 Å². The molecule has 0 unspecified atom stereocenters. The van der Waals surface area contributed by atoms with Gasteiger partial charge in [-0.15, -0.1) is 0 Å². The van der Waals surface area contributed by atoms with E-state index in [1.165, 1.54) is 6.07 Å². The van der Waals surface area contributed by atoms with Gasteiger partial charge in [0.05, 0.1) is 0 Å². The molecule has 0 N–H and O–H groups in total. The molecule has 0 amide bonds. The maximum atomic E-state index is 13.3. The van der Waals surface area contributed by atoms with Gasteiger partial charge in [0.15, 0.2) is 0 Å². The van der Waals surface area contributed by atoms with Gasteiger partial charge in [0.1, 0.15) is 11.6 Å². The normalized spacial score (nSPS) is 16.0. The molecule has 5 nitrogen and oxygen atoms in total. The van der Waals surface area contributed by atoms with Gasteiger partial charge in [0.2, 0.25) is 5.95 Å². The zero-order chi connectivity index (χ0) is 17.8. The first-order valence-corrected chi connectivity index (χ1v) is 8.73. The maximum absolute atomic E-state index is 13.3. The lowest BCUT2D eigenvalue weighted by Gasteiger charge is -2.36. The van der Waals surface area contributed by atoms with Gasteiger partial charge in [-0.05, 0) is 36.6 Å². The Labute approximate surface area is 149 Å². The molecule has 1 aromatic heterocycles. The van der Waals surface area contributed by atoms with Gasteiger partial charge in [-0.25, -0.2) is 9.37 Å². The van der Waals surface area contributed by atoms with Crippen LogP contribution in [-0.4, -0.2) is 55.1 Å².